The summed E-state index contributed by atoms with van der Waals surface area (Å²) in [5, 5.41) is 37.0. The highest BCUT2D eigenvalue weighted by Gasteiger charge is 2.36. The van der Waals surface area contributed by atoms with Gasteiger partial charge in [0.1, 0.15) is 24.7 Å². The third-order valence-corrected chi connectivity index (χ3v) is 6.77. The van der Waals surface area contributed by atoms with Crippen LogP contribution in [0.4, 0.5) is 0 Å². The zero-order chi connectivity index (χ0) is 25.2. The summed E-state index contributed by atoms with van der Waals surface area (Å²) in [4.78, 5) is 49.8. The Balaban J connectivity index is 0.000000191. The molecule has 4 heterocycles. The van der Waals surface area contributed by atoms with E-state index in [0.29, 0.717) is 7.14 Å². The second kappa shape index (κ2) is 11.5. The predicted octanol–water partition coefficient (Wildman–Crippen LogP) is -2.44. The monoisotopic (exact) mass is 708 g/mol. The Morgan fingerprint density at radius 1 is 0.794 bits per heavy atom. The van der Waals surface area contributed by atoms with Gasteiger partial charge in [0.15, 0.2) is 0 Å². The maximum Gasteiger partial charge on any atom is 0.330 e. The molecule has 14 nitrogen and oxygen atoms in total. The standard InChI is InChI=1S/2C9H11IN2O5/c2*10-4-2-12(9(16)11-8(4)15)7-1-5(14)6(3-13)17-7/h2*2,5-7,13-14H,1,3H2,(H,11,15,16)/t2*5-,6+,7?/m00/s1. The summed E-state index contributed by atoms with van der Waals surface area (Å²) in [7, 11) is 0. The summed E-state index contributed by atoms with van der Waals surface area (Å²) in [5.74, 6) is 0. The van der Waals surface area contributed by atoms with E-state index in [-0.39, 0.29) is 26.1 Å². The van der Waals surface area contributed by atoms with Crippen LogP contribution in [0.5, 0.6) is 0 Å². The lowest BCUT2D eigenvalue weighted by Gasteiger charge is -2.14. The molecule has 0 radical (unpaired) electrons. The Bertz CT molecular complexity index is 1150. The van der Waals surface area contributed by atoms with E-state index >= 15 is 0 Å². The summed E-state index contributed by atoms with van der Waals surface area (Å²) in [6, 6.07) is 0. The van der Waals surface area contributed by atoms with Crippen LogP contribution < -0.4 is 22.5 Å². The number of ether oxygens (including phenoxy) is 2. The Hall–Kier alpha value is -1.42. The van der Waals surface area contributed by atoms with E-state index in [1.165, 1.54) is 21.5 Å². The maximum atomic E-state index is 11.6. The lowest BCUT2D eigenvalue weighted by Crippen LogP contribution is -2.33. The largest absolute Gasteiger partial charge is 0.394 e. The number of aromatic amines is 2. The summed E-state index contributed by atoms with van der Waals surface area (Å²) in [6.07, 6.45) is -1.21. The summed E-state index contributed by atoms with van der Waals surface area (Å²) < 4.78 is 13.8. The first kappa shape index (κ1) is 27.2. The average Bonchev–Trinajstić information content (AvgIpc) is 3.35. The van der Waals surface area contributed by atoms with Crippen LogP contribution in [0.2, 0.25) is 0 Å². The van der Waals surface area contributed by atoms with E-state index in [4.69, 9.17) is 19.7 Å². The zero-order valence-corrected chi connectivity index (χ0v) is 21.7. The molecule has 0 amide bonds. The van der Waals surface area contributed by atoms with Gasteiger partial charge in [-0.1, -0.05) is 0 Å². The van der Waals surface area contributed by atoms with Crippen LogP contribution in [0.1, 0.15) is 25.3 Å². The first-order chi connectivity index (χ1) is 16.0. The number of H-pyrrole nitrogens is 2. The van der Waals surface area contributed by atoms with E-state index in [2.05, 4.69) is 9.97 Å². The minimum Gasteiger partial charge on any atom is -0.394 e. The van der Waals surface area contributed by atoms with Crippen LogP contribution in [0, 0.1) is 7.14 Å². The van der Waals surface area contributed by atoms with Gasteiger partial charge in [0.2, 0.25) is 0 Å². The van der Waals surface area contributed by atoms with E-state index in [0.717, 1.165) is 0 Å². The van der Waals surface area contributed by atoms with Gasteiger partial charge in [-0.15, -0.1) is 0 Å². The fourth-order valence-corrected chi connectivity index (χ4v) is 4.32. The summed E-state index contributed by atoms with van der Waals surface area (Å²) in [5.41, 5.74) is -2.09. The van der Waals surface area contributed by atoms with Crippen LogP contribution in [-0.2, 0) is 9.47 Å². The minimum atomic E-state index is -0.818. The van der Waals surface area contributed by atoms with Gasteiger partial charge in [-0.2, -0.15) is 0 Å². The van der Waals surface area contributed by atoms with Crippen molar-refractivity contribution in [1.29, 1.82) is 0 Å². The smallest absolute Gasteiger partial charge is 0.330 e. The molecule has 2 fully saturated rings. The second-order valence-electron chi connectivity index (χ2n) is 7.52. The molecule has 188 valence electrons. The number of nitrogens with zero attached hydrogens (tertiary/aromatic N) is 2. The molecule has 2 aliphatic rings. The van der Waals surface area contributed by atoms with Crippen molar-refractivity contribution in [3.8, 4) is 0 Å². The van der Waals surface area contributed by atoms with Gasteiger partial charge in [0.25, 0.3) is 11.1 Å². The van der Waals surface area contributed by atoms with E-state index in [1.54, 1.807) is 45.2 Å². The third kappa shape index (κ3) is 6.04. The molecule has 34 heavy (non-hydrogen) atoms. The molecule has 2 aromatic heterocycles. The molecule has 2 aromatic rings. The SMILES string of the molecule is O=c1[nH]c(=O)n(C2C[C@H](O)[C@@H](CO)O2)cc1I.O=c1[nH]c(=O)n(C2C[C@H](O)[C@@H](CO)O2)cc1I. The van der Waals surface area contributed by atoms with Gasteiger partial charge in [-0.25, -0.2) is 9.59 Å². The predicted molar refractivity (Wildman–Crippen MR) is 131 cm³/mol. The number of hydrogen-bond donors (Lipinski definition) is 6. The van der Waals surface area contributed by atoms with Gasteiger partial charge in [-0.05, 0) is 45.2 Å². The van der Waals surface area contributed by atoms with Gasteiger partial charge in [0, 0.05) is 25.2 Å². The Kier molecular flexibility index (Phi) is 9.23. The molecule has 0 aromatic carbocycles. The molecule has 4 rings (SSSR count). The molecule has 0 bridgehead atoms. The Labute approximate surface area is 217 Å². The molecule has 6 N–H and O–H groups in total. The fraction of sp³-hybridized carbons (Fsp3) is 0.556. The van der Waals surface area contributed by atoms with Crippen LogP contribution >= 0.6 is 45.2 Å². The normalized spacial score (nSPS) is 28.5. The van der Waals surface area contributed by atoms with Crippen molar-refractivity contribution < 1.29 is 29.9 Å². The van der Waals surface area contributed by atoms with Crippen molar-refractivity contribution in [2.45, 2.75) is 49.7 Å². The minimum absolute atomic E-state index is 0.202. The van der Waals surface area contributed by atoms with Gasteiger partial charge in [0.05, 0.1) is 32.6 Å². The zero-order valence-electron chi connectivity index (χ0n) is 17.3. The number of halogens is 2. The van der Waals surface area contributed by atoms with E-state index in [1.807, 2.05) is 0 Å². The molecule has 0 spiro atoms. The molecule has 16 heteroatoms. The van der Waals surface area contributed by atoms with Gasteiger partial charge < -0.3 is 29.9 Å². The van der Waals surface area contributed by atoms with Crippen molar-refractivity contribution in [2.75, 3.05) is 13.2 Å². The summed E-state index contributed by atoms with van der Waals surface area (Å²) in [6.45, 7) is -0.625. The molecular formula is C18H22I2N4O10. The molecule has 0 aliphatic carbocycles. The second-order valence-corrected chi connectivity index (χ2v) is 9.84. The molecule has 2 saturated heterocycles. The number of rotatable bonds is 4. The van der Waals surface area contributed by atoms with Crippen molar-refractivity contribution in [3.63, 3.8) is 0 Å². The number of aliphatic hydroxyl groups is 4. The van der Waals surface area contributed by atoms with Crippen LogP contribution in [0.15, 0.2) is 31.6 Å². The van der Waals surface area contributed by atoms with Crippen molar-refractivity contribution in [3.05, 3.63) is 61.2 Å². The summed E-state index contributed by atoms with van der Waals surface area (Å²) >= 11 is 3.60. The highest BCUT2D eigenvalue weighted by molar-refractivity contribution is 14.1. The number of nitrogens with one attached hydrogen (secondary N) is 2. The van der Waals surface area contributed by atoms with Crippen molar-refractivity contribution in [1.82, 2.24) is 19.1 Å². The van der Waals surface area contributed by atoms with Crippen LogP contribution in [0.3, 0.4) is 0 Å². The third-order valence-electron chi connectivity index (χ3n) is 5.24. The first-order valence-electron chi connectivity index (χ1n) is 9.96. The van der Waals surface area contributed by atoms with E-state index in [9.17, 15) is 29.4 Å². The van der Waals surface area contributed by atoms with Gasteiger partial charge in [-0.3, -0.25) is 28.7 Å². The highest BCUT2D eigenvalue weighted by Crippen LogP contribution is 2.28. The first-order valence-corrected chi connectivity index (χ1v) is 12.1. The van der Waals surface area contributed by atoms with Crippen LogP contribution in [-0.4, -0.2) is 77.2 Å². The quantitative estimate of drug-likeness (QED) is 0.185. The van der Waals surface area contributed by atoms with Crippen molar-refractivity contribution in [2.24, 2.45) is 0 Å². The molecular weight excluding hydrogens is 686 g/mol. The van der Waals surface area contributed by atoms with Crippen molar-refractivity contribution >= 4 is 45.2 Å². The number of hydrogen-bond acceptors (Lipinski definition) is 10. The maximum absolute atomic E-state index is 11.6. The average molecular weight is 708 g/mol. The lowest BCUT2D eigenvalue weighted by atomic mass is 10.2. The number of aromatic nitrogens is 4. The lowest BCUT2D eigenvalue weighted by molar-refractivity contribution is -0.0459. The number of aliphatic hydroxyl groups excluding tert-OH is 4. The molecule has 6 atom stereocenters. The molecule has 2 aliphatic heterocycles. The van der Waals surface area contributed by atoms with E-state index < -0.39 is 59.4 Å². The molecule has 2 unspecified atom stereocenters. The van der Waals surface area contributed by atoms with Gasteiger partial charge >= 0.3 is 11.4 Å². The molecule has 0 saturated carbocycles. The van der Waals surface area contributed by atoms with Crippen LogP contribution in [0.25, 0.3) is 0 Å². The Morgan fingerprint density at radius 2 is 1.15 bits per heavy atom. The Morgan fingerprint density at radius 3 is 1.44 bits per heavy atom. The fourth-order valence-electron chi connectivity index (χ4n) is 3.45. The topological polar surface area (TPSA) is 209 Å². The highest BCUT2D eigenvalue weighted by atomic mass is 127.